The third kappa shape index (κ3) is 2.21. The fraction of sp³-hybridized carbons (Fsp3) is 0.0667. The van der Waals surface area contributed by atoms with Crippen LogP contribution in [0.5, 0.6) is 0 Å². The van der Waals surface area contributed by atoms with Crippen molar-refractivity contribution in [2.45, 2.75) is 0 Å². The molecule has 2 aromatic heterocycles. The molecule has 3 aromatic rings. The number of pyridine rings is 1. The number of aromatic nitrogens is 2. The molecule has 0 atom stereocenters. The fourth-order valence-corrected chi connectivity index (χ4v) is 2.37. The van der Waals surface area contributed by atoms with E-state index in [0.29, 0.717) is 5.56 Å². The van der Waals surface area contributed by atoms with E-state index in [4.69, 9.17) is 11.6 Å². The normalized spacial score (nSPS) is 10.9. The Labute approximate surface area is 129 Å². The van der Waals surface area contributed by atoms with Crippen molar-refractivity contribution in [1.29, 1.82) is 0 Å². The first-order chi connectivity index (χ1) is 10.5. The van der Waals surface area contributed by atoms with Gasteiger partial charge in [-0.3, -0.25) is 4.79 Å². The summed E-state index contributed by atoms with van der Waals surface area (Å²) in [6.45, 7) is 0. The second kappa shape index (κ2) is 5.38. The molecule has 0 fully saturated rings. The molecule has 0 radical (unpaired) electrons. The number of amides is 1. The molecule has 2 heterocycles. The molecule has 1 N–H and O–H groups in total. The van der Waals surface area contributed by atoms with Gasteiger partial charge in [-0.2, -0.15) is 5.10 Å². The molecule has 7 heteroatoms. The average Bonchev–Trinajstić information content (AvgIpc) is 2.91. The predicted molar refractivity (Wildman–Crippen MR) is 78.9 cm³/mol. The van der Waals surface area contributed by atoms with Gasteiger partial charge >= 0.3 is 0 Å². The van der Waals surface area contributed by atoms with Crippen LogP contribution in [0, 0.1) is 11.6 Å². The summed E-state index contributed by atoms with van der Waals surface area (Å²) in [6, 6.07) is 6.79. The molecule has 1 aromatic carbocycles. The van der Waals surface area contributed by atoms with E-state index in [1.807, 2.05) is 0 Å². The highest BCUT2D eigenvalue weighted by Crippen LogP contribution is 2.30. The van der Waals surface area contributed by atoms with E-state index in [1.54, 1.807) is 0 Å². The Morgan fingerprint density at radius 1 is 1.23 bits per heavy atom. The van der Waals surface area contributed by atoms with Crippen LogP contribution < -0.4 is 5.32 Å². The van der Waals surface area contributed by atoms with E-state index in [1.165, 1.54) is 48.1 Å². The first-order valence-electron chi connectivity index (χ1n) is 6.37. The minimum Gasteiger partial charge on any atom is -0.355 e. The Hall–Kier alpha value is -2.47. The summed E-state index contributed by atoms with van der Waals surface area (Å²) >= 11 is 5.79. The van der Waals surface area contributed by atoms with Gasteiger partial charge in [-0.25, -0.2) is 13.3 Å². The highest BCUT2D eigenvalue weighted by molar-refractivity contribution is 6.31. The summed E-state index contributed by atoms with van der Waals surface area (Å²) in [4.78, 5) is 12.2. The van der Waals surface area contributed by atoms with Gasteiger partial charge in [0.25, 0.3) is 5.91 Å². The van der Waals surface area contributed by atoms with Crippen LogP contribution in [0.3, 0.4) is 0 Å². The Morgan fingerprint density at radius 2 is 1.91 bits per heavy atom. The molecule has 1 amide bonds. The van der Waals surface area contributed by atoms with Gasteiger partial charge in [-0.1, -0.05) is 11.6 Å². The summed E-state index contributed by atoms with van der Waals surface area (Å²) in [5, 5.41) is 6.56. The number of nitrogens with one attached hydrogen (secondary N) is 1. The van der Waals surface area contributed by atoms with Crippen molar-refractivity contribution < 1.29 is 13.6 Å². The van der Waals surface area contributed by atoms with Gasteiger partial charge in [0, 0.05) is 18.8 Å². The third-order valence-corrected chi connectivity index (χ3v) is 3.55. The third-order valence-electron chi connectivity index (χ3n) is 3.26. The summed E-state index contributed by atoms with van der Waals surface area (Å²) in [5.74, 6) is -1.65. The van der Waals surface area contributed by atoms with Crippen LogP contribution in [0.25, 0.3) is 16.8 Å². The smallest absolute Gasteiger partial charge is 0.255 e. The minimum absolute atomic E-state index is 0.0221. The van der Waals surface area contributed by atoms with Crippen LogP contribution in [0.4, 0.5) is 8.78 Å². The zero-order chi connectivity index (χ0) is 15.9. The van der Waals surface area contributed by atoms with E-state index >= 15 is 0 Å². The zero-order valence-electron chi connectivity index (χ0n) is 11.4. The Bertz CT molecular complexity index is 875. The quantitative estimate of drug-likeness (QED) is 0.787. The molecule has 0 unspecified atom stereocenters. The Balaban J connectivity index is 2.37. The summed E-state index contributed by atoms with van der Waals surface area (Å²) in [7, 11) is 1.43. The van der Waals surface area contributed by atoms with Gasteiger partial charge in [0.05, 0.1) is 10.6 Å². The molecule has 0 bridgehead atoms. The molecule has 0 saturated carbocycles. The summed E-state index contributed by atoms with van der Waals surface area (Å²) in [6.07, 6.45) is 1.46. The minimum atomic E-state index is -0.733. The monoisotopic (exact) mass is 321 g/mol. The van der Waals surface area contributed by atoms with Crippen LogP contribution in [0.1, 0.15) is 10.4 Å². The van der Waals surface area contributed by atoms with Gasteiger partial charge in [0.15, 0.2) is 5.82 Å². The van der Waals surface area contributed by atoms with E-state index in [9.17, 15) is 13.6 Å². The summed E-state index contributed by atoms with van der Waals surface area (Å²) < 4.78 is 28.6. The maximum atomic E-state index is 14.3. The largest absolute Gasteiger partial charge is 0.355 e. The van der Waals surface area contributed by atoms with Crippen molar-refractivity contribution in [3.63, 3.8) is 0 Å². The van der Waals surface area contributed by atoms with Crippen LogP contribution in [-0.4, -0.2) is 22.6 Å². The molecule has 3 rings (SSSR count). The van der Waals surface area contributed by atoms with E-state index in [2.05, 4.69) is 10.4 Å². The number of carbonyl (C=O) groups excluding carboxylic acids is 1. The van der Waals surface area contributed by atoms with E-state index in [-0.39, 0.29) is 21.8 Å². The number of halogens is 3. The predicted octanol–water partition coefficient (Wildman–Crippen LogP) is 3.29. The van der Waals surface area contributed by atoms with Crippen molar-refractivity contribution in [3.8, 4) is 11.3 Å². The lowest BCUT2D eigenvalue weighted by atomic mass is 10.1. The number of rotatable bonds is 2. The number of hydrogen-bond acceptors (Lipinski definition) is 2. The number of hydrogen-bond donors (Lipinski definition) is 1. The van der Waals surface area contributed by atoms with Gasteiger partial charge in [-0.15, -0.1) is 0 Å². The highest BCUT2D eigenvalue weighted by atomic mass is 35.5. The first kappa shape index (κ1) is 14.5. The number of nitrogens with zero attached hydrogens (tertiary/aromatic N) is 2. The number of carbonyl (C=O) groups is 1. The second-order valence-corrected chi connectivity index (χ2v) is 4.99. The van der Waals surface area contributed by atoms with Crippen molar-refractivity contribution in [1.82, 2.24) is 14.9 Å². The molecule has 0 saturated heterocycles. The maximum absolute atomic E-state index is 14.3. The molecule has 22 heavy (non-hydrogen) atoms. The molecule has 4 nitrogen and oxygen atoms in total. The van der Waals surface area contributed by atoms with E-state index in [0.717, 1.165) is 0 Å². The highest BCUT2D eigenvalue weighted by Gasteiger charge is 2.24. The molecular weight excluding hydrogens is 312 g/mol. The van der Waals surface area contributed by atoms with Crippen LogP contribution in [-0.2, 0) is 0 Å². The molecule has 0 spiro atoms. The van der Waals surface area contributed by atoms with Gasteiger partial charge in [0.2, 0.25) is 0 Å². The van der Waals surface area contributed by atoms with E-state index < -0.39 is 17.5 Å². The van der Waals surface area contributed by atoms with Crippen molar-refractivity contribution in [2.24, 2.45) is 0 Å². The average molecular weight is 322 g/mol. The van der Waals surface area contributed by atoms with Crippen molar-refractivity contribution in [3.05, 3.63) is 58.7 Å². The lowest BCUT2D eigenvalue weighted by Gasteiger charge is -2.03. The number of fused-ring (bicyclic) bond motifs is 1. The maximum Gasteiger partial charge on any atom is 0.255 e. The lowest BCUT2D eigenvalue weighted by molar-refractivity contribution is 0.0965. The van der Waals surface area contributed by atoms with Crippen LogP contribution in [0.2, 0.25) is 5.02 Å². The topological polar surface area (TPSA) is 46.4 Å². The second-order valence-electron chi connectivity index (χ2n) is 4.58. The molecular formula is C15H10ClF2N3O. The SMILES string of the molecule is CNC(=O)c1c(-c2ccc(F)cc2)nn2ccc(Cl)c(F)c12. The van der Waals surface area contributed by atoms with Crippen LogP contribution >= 0.6 is 11.6 Å². The number of benzene rings is 1. The standard InChI is InChI=1S/C15H10ClF2N3O/c1-19-15(22)11-13(8-2-4-9(17)5-3-8)20-21-7-6-10(16)12(18)14(11)21/h2-7H,1H3,(H,19,22). The molecule has 0 aliphatic carbocycles. The van der Waals surface area contributed by atoms with Crippen LogP contribution in [0.15, 0.2) is 36.5 Å². The molecule has 112 valence electrons. The Kier molecular flexibility index (Phi) is 3.54. The van der Waals surface area contributed by atoms with Gasteiger partial charge in [0.1, 0.15) is 17.0 Å². The molecule has 0 aliphatic heterocycles. The van der Waals surface area contributed by atoms with Crippen molar-refractivity contribution in [2.75, 3.05) is 7.05 Å². The van der Waals surface area contributed by atoms with Gasteiger partial charge < -0.3 is 5.32 Å². The summed E-state index contributed by atoms with van der Waals surface area (Å²) in [5.41, 5.74) is 0.778. The lowest BCUT2D eigenvalue weighted by Crippen LogP contribution is -2.18. The van der Waals surface area contributed by atoms with Crippen molar-refractivity contribution >= 4 is 23.0 Å². The Morgan fingerprint density at radius 3 is 2.55 bits per heavy atom. The van der Waals surface area contributed by atoms with Gasteiger partial charge in [-0.05, 0) is 30.3 Å². The fourth-order valence-electron chi connectivity index (χ4n) is 2.22. The molecule has 0 aliphatic rings. The first-order valence-corrected chi connectivity index (χ1v) is 6.75. The zero-order valence-corrected chi connectivity index (χ0v) is 12.2.